The van der Waals surface area contributed by atoms with Crippen LogP contribution in [0, 0.1) is 6.92 Å². The fraction of sp³-hybridized carbons (Fsp3) is 0.263. The number of hydrogen-bond donors (Lipinski definition) is 0. The molecule has 5 rings (SSSR count). The molecule has 1 aromatic carbocycles. The highest BCUT2D eigenvalue weighted by Gasteiger charge is 2.14. The number of rotatable bonds is 2. The molecule has 0 saturated carbocycles. The number of nitrogens with zero attached hydrogens (tertiary/aromatic N) is 5. The van der Waals surface area contributed by atoms with Crippen LogP contribution in [0.4, 0.5) is 5.82 Å². The molecule has 0 aliphatic carbocycles. The molecule has 0 amide bonds. The number of pyridine rings is 1. The van der Waals surface area contributed by atoms with Crippen LogP contribution in [0.15, 0.2) is 40.9 Å². The minimum absolute atomic E-state index is 0.642. The molecule has 1 fully saturated rings. The second-order valence-electron chi connectivity index (χ2n) is 6.28. The van der Waals surface area contributed by atoms with Crippen LogP contribution in [0.1, 0.15) is 5.89 Å². The maximum Gasteiger partial charge on any atom is 0.192 e. The monoisotopic (exact) mass is 347 g/mol. The van der Waals surface area contributed by atoms with Gasteiger partial charge in [0.05, 0.1) is 25.1 Å². The summed E-state index contributed by atoms with van der Waals surface area (Å²) in [5.41, 5.74) is 4.85. The second kappa shape index (κ2) is 6.03. The van der Waals surface area contributed by atoms with Crippen molar-refractivity contribution in [3.05, 3.63) is 42.4 Å². The van der Waals surface area contributed by atoms with Gasteiger partial charge in [-0.2, -0.15) is 0 Å². The summed E-state index contributed by atoms with van der Waals surface area (Å²) < 4.78 is 10.9. The van der Waals surface area contributed by atoms with Crippen LogP contribution < -0.4 is 4.90 Å². The number of aromatic nitrogens is 4. The zero-order chi connectivity index (χ0) is 17.5. The molecule has 1 aliphatic heterocycles. The minimum Gasteiger partial charge on any atom is -0.441 e. The molecule has 0 radical (unpaired) electrons. The first-order valence-electron chi connectivity index (χ1n) is 8.60. The number of benzene rings is 1. The predicted octanol–water partition coefficient (Wildman–Crippen LogP) is 2.98. The maximum atomic E-state index is 5.54. The summed E-state index contributed by atoms with van der Waals surface area (Å²) in [6.07, 6.45) is 1.80. The number of fused-ring (bicyclic) bond motifs is 2. The SMILES string of the molecule is Cc1nc2cc(-c3ccc4ncc(N5CCOCC5)nc4n3)ccc2o1. The Morgan fingerprint density at radius 3 is 2.73 bits per heavy atom. The second-order valence-corrected chi connectivity index (χ2v) is 6.28. The molecule has 3 aromatic heterocycles. The normalized spacial score (nSPS) is 15.0. The molecular formula is C19H17N5O2. The lowest BCUT2D eigenvalue weighted by atomic mass is 10.1. The average molecular weight is 347 g/mol. The van der Waals surface area contributed by atoms with E-state index in [1.165, 1.54) is 0 Å². The molecule has 4 heterocycles. The van der Waals surface area contributed by atoms with Crippen molar-refractivity contribution in [1.82, 2.24) is 19.9 Å². The molecule has 0 unspecified atom stereocenters. The molecule has 0 bridgehead atoms. The topological polar surface area (TPSA) is 77.2 Å². The fourth-order valence-corrected chi connectivity index (χ4v) is 3.20. The summed E-state index contributed by atoms with van der Waals surface area (Å²) in [6.45, 7) is 4.91. The zero-order valence-electron chi connectivity index (χ0n) is 14.3. The van der Waals surface area contributed by atoms with Crippen LogP contribution >= 0.6 is 0 Å². The third kappa shape index (κ3) is 2.66. The van der Waals surface area contributed by atoms with E-state index in [4.69, 9.17) is 19.1 Å². The molecule has 4 aromatic rings. The molecule has 7 nitrogen and oxygen atoms in total. The van der Waals surface area contributed by atoms with Crippen molar-refractivity contribution in [3.8, 4) is 11.3 Å². The van der Waals surface area contributed by atoms with Gasteiger partial charge in [0.15, 0.2) is 17.1 Å². The van der Waals surface area contributed by atoms with Crippen LogP contribution in [-0.2, 0) is 4.74 Å². The Kier molecular flexibility index (Phi) is 3.53. The molecule has 130 valence electrons. The first kappa shape index (κ1) is 15.2. The highest BCUT2D eigenvalue weighted by molar-refractivity contribution is 5.81. The van der Waals surface area contributed by atoms with Crippen LogP contribution in [0.5, 0.6) is 0 Å². The van der Waals surface area contributed by atoms with Crippen molar-refractivity contribution in [2.75, 3.05) is 31.2 Å². The van der Waals surface area contributed by atoms with Crippen molar-refractivity contribution in [3.63, 3.8) is 0 Å². The third-order valence-electron chi connectivity index (χ3n) is 4.52. The number of hydrogen-bond acceptors (Lipinski definition) is 7. The predicted molar refractivity (Wildman–Crippen MR) is 98.1 cm³/mol. The Labute approximate surface area is 149 Å². The van der Waals surface area contributed by atoms with E-state index in [1.54, 1.807) is 6.20 Å². The Morgan fingerprint density at radius 1 is 0.962 bits per heavy atom. The average Bonchev–Trinajstić information content (AvgIpc) is 3.07. The molecule has 0 atom stereocenters. The Balaban J connectivity index is 1.56. The first-order valence-corrected chi connectivity index (χ1v) is 8.60. The van der Waals surface area contributed by atoms with Gasteiger partial charge in [-0.3, -0.25) is 0 Å². The van der Waals surface area contributed by atoms with Crippen molar-refractivity contribution in [2.24, 2.45) is 0 Å². The molecule has 0 spiro atoms. The van der Waals surface area contributed by atoms with Crippen molar-refractivity contribution < 1.29 is 9.15 Å². The largest absolute Gasteiger partial charge is 0.441 e. The van der Waals surface area contributed by atoms with Crippen molar-refractivity contribution in [2.45, 2.75) is 6.92 Å². The van der Waals surface area contributed by atoms with Crippen LogP contribution in [0.2, 0.25) is 0 Å². The fourth-order valence-electron chi connectivity index (χ4n) is 3.20. The molecule has 26 heavy (non-hydrogen) atoms. The van der Waals surface area contributed by atoms with Gasteiger partial charge >= 0.3 is 0 Å². The highest BCUT2D eigenvalue weighted by Crippen LogP contribution is 2.25. The van der Waals surface area contributed by atoms with Crippen molar-refractivity contribution in [1.29, 1.82) is 0 Å². The molecular weight excluding hydrogens is 330 g/mol. The molecule has 1 saturated heterocycles. The summed E-state index contributed by atoms with van der Waals surface area (Å²) >= 11 is 0. The Bertz CT molecular complexity index is 1100. The van der Waals surface area contributed by atoms with Gasteiger partial charge in [-0.1, -0.05) is 0 Å². The van der Waals surface area contributed by atoms with Gasteiger partial charge in [0, 0.05) is 25.6 Å². The van der Waals surface area contributed by atoms with E-state index in [2.05, 4.69) is 14.9 Å². The lowest BCUT2D eigenvalue weighted by Crippen LogP contribution is -2.36. The van der Waals surface area contributed by atoms with E-state index in [-0.39, 0.29) is 0 Å². The molecule has 1 aliphatic rings. The maximum absolute atomic E-state index is 5.54. The summed E-state index contributed by atoms with van der Waals surface area (Å²) in [5, 5.41) is 0. The number of aryl methyl sites for hydroxylation is 1. The van der Waals surface area contributed by atoms with E-state index in [1.807, 2.05) is 37.3 Å². The van der Waals surface area contributed by atoms with E-state index >= 15 is 0 Å². The summed E-state index contributed by atoms with van der Waals surface area (Å²) in [4.78, 5) is 20.5. The van der Waals surface area contributed by atoms with E-state index < -0.39 is 0 Å². The van der Waals surface area contributed by atoms with Gasteiger partial charge in [-0.15, -0.1) is 0 Å². The standard InChI is InChI=1S/C19H17N5O2/c1-12-21-16-10-13(2-5-17(16)26-12)14-3-4-15-19(22-14)23-18(11-20-15)24-6-8-25-9-7-24/h2-5,10-11H,6-9H2,1H3. The first-order chi connectivity index (χ1) is 12.8. The zero-order valence-corrected chi connectivity index (χ0v) is 14.3. The Morgan fingerprint density at radius 2 is 1.85 bits per heavy atom. The van der Waals surface area contributed by atoms with Gasteiger partial charge in [-0.25, -0.2) is 19.9 Å². The minimum atomic E-state index is 0.642. The van der Waals surface area contributed by atoms with E-state index in [0.717, 1.165) is 46.8 Å². The van der Waals surface area contributed by atoms with Crippen LogP contribution in [0.3, 0.4) is 0 Å². The van der Waals surface area contributed by atoms with Crippen LogP contribution in [-0.4, -0.2) is 46.2 Å². The number of ether oxygens (including phenoxy) is 1. The van der Waals surface area contributed by atoms with Crippen molar-refractivity contribution >= 4 is 28.1 Å². The van der Waals surface area contributed by atoms with Gasteiger partial charge in [0.2, 0.25) is 0 Å². The summed E-state index contributed by atoms with van der Waals surface area (Å²) in [6, 6.07) is 9.80. The van der Waals surface area contributed by atoms with Gasteiger partial charge < -0.3 is 14.1 Å². The van der Waals surface area contributed by atoms with E-state index in [9.17, 15) is 0 Å². The Hall–Kier alpha value is -3.06. The summed E-state index contributed by atoms with van der Waals surface area (Å²) in [5.74, 6) is 1.50. The number of oxazole rings is 1. The molecule has 7 heteroatoms. The van der Waals surface area contributed by atoms with Gasteiger partial charge in [-0.05, 0) is 30.3 Å². The number of morpholine rings is 1. The van der Waals surface area contributed by atoms with Gasteiger partial charge in [0.25, 0.3) is 0 Å². The number of anilines is 1. The summed E-state index contributed by atoms with van der Waals surface area (Å²) in [7, 11) is 0. The molecule has 0 N–H and O–H groups in total. The lowest BCUT2D eigenvalue weighted by molar-refractivity contribution is 0.122. The van der Waals surface area contributed by atoms with Gasteiger partial charge in [0.1, 0.15) is 16.9 Å². The lowest BCUT2D eigenvalue weighted by Gasteiger charge is -2.27. The van der Waals surface area contributed by atoms with E-state index in [0.29, 0.717) is 24.8 Å². The highest BCUT2D eigenvalue weighted by atomic mass is 16.5. The van der Waals surface area contributed by atoms with Crippen LogP contribution in [0.25, 0.3) is 33.5 Å². The third-order valence-corrected chi connectivity index (χ3v) is 4.52. The smallest absolute Gasteiger partial charge is 0.192 e. The quantitative estimate of drug-likeness (QED) is 0.551.